The van der Waals surface area contributed by atoms with E-state index in [1.807, 2.05) is 29.7 Å². The van der Waals surface area contributed by atoms with E-state index in [2.05, 4.69) is 16.2 Å². The van der Waals surface area contributed by atoms with Crippen molar-refractivity contribution in [3.05, 3.63) is 18.0 Å². The summed E-state index contributed by atoms with van der Waals surface area (Å²) in [5, 5.41) is 4.26. The normalized spacial score (nSPS) is 24.6. The fourth-order valence-electron chi connectivity index (χ4n) is 3.41. The Kier molecular flexibility index (Phi) is 4.78. The highest BCUT2D eigenvalue weighted by molar-refractivity contribution is 5.78. The number of ether oxygens (including phenoxy) is 1. The first-order valence-electron chi connectivity index (χ1n) is 8.22. The Balaban J connectivity index is 1.46. The van der Waals surface area contributed by atoms with Gasteiger partial charge in [0, 0.05) is 26.3 Å². The molecule has 0 aliphatic carbocycles. The molecule has 3 heterocycles. The summed E-state index contributed by atoms with van der Waals surface area (Å²) in [6.07, 6.45) is 6.46. The number of carbonyl (C=O) groups is 1. The van der Waals surface area contributed by atoms with E-state index >= 15 is 0 Å². The lowest BCUT2D eigenvalue weighted by molar-refractivity contribution is -0.139. The van der Waals surface area contributed by atoms with Crippen molar-refractivity contribution >= 4 is 5.91 Å². The van der Waals surface area contributed by atoms with Crippen LogP contribution >= 0.6 is 0 Å². The molecule has 0 aromatic carbocycles. The van der Waals surface area contributed by atoms with Crippen molar-refractivity contribution in [3.63, 3.8) is 0 Å². The average Bonchev–Trinajstić information content (AvgIpc) is 2.94. The molecule has 0 N–H and O–H groups in total. The van der Waals surface area contributed by atoms with Gasteiger partial charge < -0.3 is 9.64 Å². The summed E-state index contributed by atoms with van der Waals surface area (Å²) in [5.74, 6) is 0.832. The molecule has 3 rings (SSSR count). The topological polar surface area (TPSA) is 50.6 Å². The molecule has 6 nitrogen and oxygen atoms in total. The zero-order valence-corrected chi connectivity index (χ0v) is 13.6. The van der Waals surface area contributed by atoms with Gasteiger partial charge in [0.25, 0.3) is 0 Å². The highest BCUT2D eigenvalue weighted by Gasteiger charge is 2.26. The molecule has 1 aromatic rings. The van der Waals surface area contributed by atoms with E-state index in [9.17, 15) is 4.79 Å². The van der Waals surface area contributed by atoms with Gasteiger partial charge in [-0.25, -0.2) is 0 Å². The Labute approximate surface area is 132 Å². The molecule has 122 valence electrons. The standard InChI is InChI=1S/C16H26N4O2/c1-13-10-20(7-8-22-13)16(21)12-19-5-3-14(4-6-19)15-9-17-18(2)11-15/h9,11,13-14H,3-8,10,12H2,1-2H3/t13-/m0/s1. The van der Waals surface area contributed by atoms with E-state index in [1.165, 1.54) is 5.56 Å². The lowest BCUT2D eigenvalue weighted by Gasteiger charge is -2.35. The highest BCUT2D eigenvalue weighted by atomic mass is 16.5. The molecule has 1 aromatic heterocycles. The zero-order valence-electron chi connectivity index (χ0n) is 13.6. The van der Waals surface area contributed by atoms with Crippen LogP contribution in [0.2, 0.25) is 0 Å². The number of likely N-dealkylation sites (tertiary alicyclic amines) is 1. The molecule has 6 heteroatoms. The van der Waals surface area contributed by atoms with Crippen molar-refractivity contribution in [2.75, 3.05) is 39.3 Å². The van der Waals surface area contributed by atoms with Crippen LogP contribution in [-0.4, -0.2) is 70.9 Å². The van der Waals surface area contributed by atoms with Crippen LogP contribution in [0.25, 0.3) is 0 Å². The largest absolute Gasteiger partial charge is 0.375 e. The molecule has 2 aliphatic rings. The quantitative estimate of drug-likeness (QED) is 0.831. The third-order valence-electron chi connectivity index (χ3n) is 4.74. The lowest BCUT2D eigenvalue weighted by atomic mass is 9.91. The number of aryl methyl sites for hydroxylation is 1. The molecule has 0 radical (unpaired) electrons. The van der Waals surface area contributed by atoms with Crippen LogP contribution in [0.4, 0.5) is 0 Å². The first kappa shape index (κ1) is 15.5. The maximum Gasteiger partial charge on any atom is 0.236 e. The first-order valence-corrected chi connectivity index (χ1v) is 8.22. The molecular weight excluding hydrogens is 280 g/mol. The molecule has 0 bridgehead atoms. The van der Waals surface area contributed by atoms with Crippen LogP contribution in [0.1, 0.15) is 31.2 Å². The second-order valence-corrected chi connectivity index (χ2v) is 6.52. The Bertz CT molecular complexity index is 508. The molecule has 2 saturated heterocycles. The fraction of sp³-hybridized carbons (Fsp3) is 0.750. The average molecular weight is 306 g/mol. The molecule has 0 saturated carbocycles. The summed E-state index contributed by atoms with van der Waals surface area (Å²) < 4.78 is 7.36. The first-order chi connectivity index (χ1) is 10.6. The number of nitrogens with zero attached hydrogens (tertiary/aromatic N) is 4. The number of hydrogen-bond donors (Lipinski definition) is 0. The Morgan fingerprint density at radius 1 is 1.36 bits per heavy atom. The van der Waals surface area contributed by atoms with Gasteiger partial charge in [-0.05, 0) is 44.3 Å². The number of rotatable bonds is 3. The SMILES string of the molecule is C[C@H]1CN(C(=O)CN2CCC(c3cnn(C)c3)CC2)CCO1. The Hall–Kier alpha value is -1.40. The van der Waals surface area contributed by atoms with Crippen molar-refractivity contribution < 1.29 is 9.53 Å². The van der Waals surface area contributed by atoms with Crippen molar-refractivity contribution in [1.82, 2.24) is 19.6 Å². The van der Waals surface area contributed by atoms with E-state index < -0.39 is 0 Å². The number of piperidine rings is 1. The van der Waals surface area contributed by atoms with Crippen LogP contribution in [0.3, 0.4) is 0 Å². The zero-order chi connectivity index (χ0) is 15.5. The van der Waals surface area contributed by atoms with Gasteiger partial charge in [-0.3, -0.25) is 14.4 Å². The van der Waals surface area contributed by atoms with E-state index in [4.69, 9.17) is 4.74 Å². The second-order valence-electron chi connectivity index (χ2n) is 6.52. The number of amides is 1. The van der Waals surface area contributed by atoms with E-state index in [0.29, 0.717) is 19.1 Å². The van der Waals surface area contributed by atoms with Gasteiger partial charge in [0.1, 0.15) is 0 Å². The number of aromatic nitrogens is 2. The van der Waals surface area contributed by atoms with E-state index in [-0.39, 0.29) is 12.0 Å². The fourth-order valence-corrected chi connectivity index (χ4v) is 3.41. The van der Waals surface area contributed by atoms with E-state index in [1.54, 1.807) is 0 Å². The van der Waals surface area contributed by atoms with Crippen molar-refractivity contribution in [2.24, 2.45) is 7.05 Å². The molecule has 1 atom stereocenters. The molecule has 2 fully saturated rings. The third-order valence-corrected chi connectivity index (χ3v) is 4.74. The maximum absolute atomic E-state index is 12.4. The second kappa shape index (κ2) is 6.79. The molecule has 2 aliphatic heterocycles. The molecule has 22 heavy (non-hydrogen) atoms. The summed E-state index contributed by atoms with van der Waals surface area (Å²) >= 11 is 0. The smallest absolute Gasteiger partial charge is 0.236 e. The van der Waals surface area contributed by atoms with Gasteiger partial charge in [-0.1, -0.05) is 0 Å². The summed E-state index contributed by atoms with van der Waals surface area (Å²) in [4.78, 5) is 16.6. The highest BCUT2D eigenvalue weighted by Crippen LogP contribution is 2.27. The predicted molar refractivity (Wildman–Crippen MR) is 83.6 cm³/mol. The number of hydrogen-bond acceptors (Lipinski definition) is 4. The van der Waals surface area contributed by atoms with Gasteiger partial charge in [0.05, 0.1) is 25.5 Å². The van der Waals surface area contributed by atoms with Crippen LogP contribution in [0, 0.1) is 0 Å². The van der Waals surface area contributed by atoms with Crippen LogP contribution in [-0.2, 0) is 16.6 Å². The van der Waals surface area contributed by atoms with Gasteiger partial charge in [0.15, 0.2) is 0 Å². The monoisotopic (exact) mass is 306 g/mol. The minimum atomic E-state index is 0.161. The van der Waals surface area contributed by atoms with E-state index in [0.717, 1.165) is 39.0 Å². The molecule has 1 amide bonds. The Morgan fingerprint density at radius 2 is 2.14 bits per heavy atom. The Morgan fingerprint density at radius 3 is 2.77 bits per heavy atom. The van der Waals surface area contributed by atoms with Gasteiger partial charge >= 0.3 is 0 Å². The minimum Gasteiger partial charge on any atom is -0.375 e. The van der Waals surface area contributed by atoms with Crippen LogP contribution in [0.15, 0.2) is 12.4 Å². The maximum atomic E-state index is 12.4. The van der Waals surface area contributed by atoms with Gasteiger partial charge in [-0.2, -0.15) is 5.10 Å². The lowest BCUT2D eigenvalue weighted by Crippen LogP contribution is -2.49. The van der Waals surface area contributed by atoms with Crippen molar-refractivity contribution in [3.8, 4) is 0 Å². The number of carbonyl (C=O) groups excluding carboxylic acids is 1. The molecule has 0 unspecified atom stereocenters. The summed E-state index contributed by atoms with van der Waals surface area (Å²) in [6, 6.07) is 0. The minimum absolute atomic E-state index is 0.161. The third kappa shape index (κ3) is 3.67. The van der Waals surface area contributed by atoms with Gasteiger partial charge in [-0.15, -0.1) is 0 Å². The molecule has 0 spiro atoms. The van der Waals surface area contributed by atoms with Gasteiger partial charge in [0.2, 0.25) is 5.91 Å². The van der Waals surface area contributed by atoms with Crippen molar-refractivity contribution in [2.45, 2.75) is 31.8 Å². The summed E-state index contributed by atoms with van der Waals surface area (Å²) in [6.45, 7) is 6.68. The molecular formula is C16H26N4O2. The van der Waals surface area contributed by atoms with Crippen LogP contribution in [0.5, 0.6) is 0 Å². The van der Waals surface area contributed by atoms with Crippen LogP contribution < -0.4 is 0 Å². The summed E-state index contributed by atoms with van der Waals surface area (Å²) in [5.41, 5.74) is 1.33. The predicted octanol–water partition coefficient (Wildman–Crippen LogP) is 0.847. The van der Waals surface area contributed by atoms with Crippen molar-refractivity contribution in [1.29, 1.82) is 0 Å². The number of morpholine rings is 1. The summed E-state index contributed by atoms with van der Waals surface area (Å²) in [7, 11) is 1.96.